The molecule has 1 aromatic heterocycles. The van der Waals surface area contributed by atoms with E-state index in [4.69, 9.17) is 13.9 Å². The number of aryl methyl sites for hydroxylation is 1. The molecule has 1 heterocycles. The first-order chi connectivity index (χ1) is 13.1. The zero-order chi connectivity index (χ0) is 18.8. The van der Waals surface area contributed by atoms with Crippen molar-refractivity contribution >= 4 is 27.7 Å². The summed E-state index contributed by atoms with van der Waals surface area (Å²) in [5.74, 6) is 0.339. The summed E-state index contributed by atoms with van der Waals surface area (Å²) in [7, 11) is 0. The lowest BCUT2D eigenvalue weighted by atomic mass is 10.1. The van der Waals surface area contributed by atoms with Crippen molar-refractivity contribution in [2.75, 3.05) is 6.61 Å². The average Bonchev–Trinajstić information content (AvgIpc) is 2.66. The zero-order valence-electron chi connectivity index (χ0n) is 14.6. The summed E-state index contributed by atoms with van der Waals surface area (Å²) in [6, 6.07) is 19.9. The number of hydrogen-bond acceptors (Lipinski definition) is 5. The van der Waals surface area contributed by atoms with Crippen molar-refractivity contribution in [2.24, 2.45) is 0 Å². The predicted octanol–water partition coefficient (Wildman–Crippen LogP) is 4.24. The lowest BCUT2D eigenvalue weighted by Crippen LogP contribution is -2.17. The van der Waals surface area contributed by atoms with Gasteiger partial charge in [0, 0.05) is 17.5 Å². The summed E-state index contributed by atoms with van der Waals surface area (Å²) >= 11 is 0. The molecule has 134 valence electrons. The van der Waals surface area contributed by atoms with Gasteiger partial charge in [0.1, 0.15) is 17.1 Å². The van der Waals surface area contributed by atoms with Crippen molar-refractivity contribution in [2.45, 2.75) is 6.92 Å². The summed E-state index contributed by atoms with van der Waals surface area (Å²) in [6.07, 6.45) is 0. The van der Waals surface area contributed by atoms with Crippen LogP contribution in [0.1, 0.15) is 5.56 Å². The van der Waals surface area contributed by atoms with Gasteiger partial charge < -0.3 is 13.9 Å². The minimum absolute atomic E-state index is 0.228. The van der Waals surface area contributed by atoms with Gasteiger partial charge in [0.25, 0.3) is 0 Å². The molecule has 0 unspecified atom stereocenters. The van der Waals surface area contributed by atoms with E-state index in [-0.39, 0.29) is 6.61 Å². The lowest BCUT2D eigenvalue weighted by Gasteiger charge is -2.08. The second-order valence-corrected chi connectivity index (χ2v) is 6.18. The molecule has 0 aliphatic heterocycles. The van der Waals surface area contributed by atoms with Crippen molar-refractivity contribution in [1.29, 1.82) is 0 Å². The fraction of sp³-hybridized carbons (Fsp3) is 0.0909. The standard InChI is InChI=1S/C22H16O5/c1-14-10-21(23)27-20-12-18(8-9-19(14)20)26-22(24)13-25-17-7-6-15-4-2-3-5-16(15)11-17/h2-12H,13H2,1H3. The third-order valence-corrected chi connectivity index (χ3v) is 4.23. The Morgan fingerprint density at radius 3 is 2.56 bits per heavy atom. The van der Waals surface area contributed by atoms with E-state index in [0.717, 1.165) is 21.7 Å². The Balaban J connectivity index is 1.45. The number of fused-ring (bicyclic) bond motifs is 2. The number of carbonyl (C=O) groups excluding carboxylic acids is 1. The first-order valence-electron chi connectivity index (χ1n) is 8.45. The van der Waals surface area contributed by atoms with E-state index in [0.29, 0.717) is 17.1 Å². The van der Waals surface area contributed by atoms with Gasteiger partial charge in [-0.1, -0.05) is 30.3 Å². The first-order valence-corrected chi connectivity index (χ1v) is 8.45. The van der Waals surface area contributed by atoms with Crippen LogP contribution in [0.4, 0.5) is 0 Å². The van der Waals surface area contributed by atoms with Crippen LogP contribution in [-0.2, 0) is 4.79 Å². The van der Waals surface area contributed by atoms with Crippen LogP contribution in [0.5, 0.6) is 11.5 Å². The highest BCUT2D eigenvalue weighted by molar-refractivity contribution is 5.84. The molecule has 3 aromatic carbocycles. The number of benzene rings is 3. The second-order valence-electron chi connectivity index (χ2n) is 6.18. The number of rotatable bonds is 4. The normalized spacial score (nSPS) is 10.9. The smallest absolute Gasteiger partial charge is 0.349 e. The molecule has 4 aromatic rings. The lowest BCUT2D eigenvalue weighted by molar-refractivity contribution is -0.136. The van der Waals surface area contributed by atoms with Gasteiger partial charge in [-0.05, 0) is 47.5 Å². The van der Waals surface area contributed by atoms with Crippen LogP contribution in [0.3, 0.4) is 0 Å². The summed E-state index contributed by atoms with van der Waals surface area (Å²) in [5, 5.41) is 2.92. The average molecular weight is 360 g/mol. The number of esters is 1. The third-order valence-electron chi connectivity index (χ3n) is 4.23. The Labute approximate surface area is 154 Å². The Morgan fingerprint density at radius 1 is 0.926 bits per heavy atom. The van der Waals surface area contributed by atoms with Crippen molar-refractivity contribution < 1.29 is 18.7 Å². The highest BCUT2D eigenvalue weighted by Crippen LogP contribution is 2.23. The van der Waals surface area contributed by atoms with Crippen LogP contribution in [0.15, 0.2) is 75.9 Å². The van der Waals surface area contributed by atoms with E-state index >= 15 is 0 Å². The molecule has 0 bridgehead atoms. The quantitative estimate of drug-likeness (QED) is 0.309. The molecule has 0 spiro atoms. The van der Waals surface area contributed by atoms with Crippen LogP contribution < -0.4 is 15.1 Å². The fourth-order valence-corrected chi connectivity index (χ4v) is 2.93. The fourth-order valence-electron chi connectivity index (χ4n) is 2.93. The van der Waals surface area contributed by atoms with Crippen LogP contribution in [0, 0.1) is 6.92 Å². The molecule has 0 atom stereocenters. The minimum Gasteiger partial charge on any atom is -0.482 e. The molecule has 4 rings (SSSR count). The van der Waals surface area contributed by atoms with E-state index in [1.807, 2.05) is 49.4 Å². The molecule has 5 nitrogen and oxygen atoms in total. The molecule has 0 aliphatic rings. The summed E-state index contributed by atoms with van der Waals surface area (Å²) in [4.78, 5) is 23.6. The number of hydrogen-bond donors (Lipinski definition) is 0. The summed E-state index contributed by atoms with van der Waals surface area (Å²) in [6.45, 7) is 1.59. The first kappa shape index (κ1) is 16.8. The molecule has 0 fully saturated rings. The van der Waals surface area contributed by atoms with Crippen molar-refractivity contribution in [3.63, 3.8) is 0 Å². The monoisotopic (exact) mass is 360 g/mol. The van der Waals surface area contributed by atoms with E-state index in [1.165, 1.54) is 12.1 Å². The molecule has 0 aliphatic carbocycles. The van der Waals surface area contributed by atoms with Gasteiger partial charge >= 0.3 is 11.6 Å². The van der Waals surface area contributed by atoms with Gasteiger partial charge in [0.05, 0.1) is 0 Å². The van der Waals surface area contributed by atoms with Crippen molar-refractivity contribution in [3.05, 3.63) is 82.7 Å². The highest BCUT2D eigenvalue weighted by Gasteiger charge is 2.09. The van der Waals surface area contributed by atoms with Crippen LogP contribution in [-0.4, -0.2) is 12.6 Å². The molecule has 0 amide bonds. The maximum absolute atomic E-state index is 12.1. The Kier molecular flexibility index (Phi) is 4.34. The molecular weight excluding hydrogens is 344 g/mol. The summed E-state index contributed by atoms with van der Waals surface area (Å²) in [5.41, 5.74) is 0.739. The van der Waals surface area contributed by atoms with E-state index in [2.05, 4.69) is 0 Å². The van der Waals surface area contributed by atoms with E-state index < -0.39 is 11.6 Å². The van der Waals surface area contributed by atoms with Gasteiger partial charge in [-0.3, -0.25) is 0 Å². The van der Waals surface area contributed by atoms with Crippen LogP contribution in [0.25, 0.3) is 21.7 Å². The largest absolute Gasteiger partial charge is 0.482 e. The number of carbonyl (C=O) groups is 1. The number of ether oxygens (including phenoxy) is 2. The Morgan fingerprint density at radius 2 is 1.70 bits per heavy atom. The maximum atomic E-state index is 12.1. The highest BCUT2D eigenvalue weighted by atomic mass is 16.6. The molecule has 0 radical (unpaired) electrons. The maximum Gasteiger partial charge on any atom is 0.349 e. The molecule has 0 saturated heterocycles. The molecule has 5 heteroatoms. The predicted molar refractivity (Wildman–Crippen MR) is 102 cm³/mol. The Bertz CT molecular complexity index is 1210. The van der Waals surface area contributed by atoms with Crippen molar-refractivity contribution in [3.8, 4) is 11.5 Å². The van der Waals surface area contributed by atoms with Crippen LogP contribution in [0.2, 0.25) is 0 Å². The SMILES string of the molecule is Cc1cc(=O)oc2cc(OC(=O)COc3ccc4ccccc4c3)ccc12. The molecular formula is C22H16O5. The molecule has 0 saturated carbocycles. The Hall–Kier alpha value is -3.60. The molecule has 27 heavy (non-hydrogen) atoms. The van der Waals surface area contributed by atoms with Gasteiger partial charge in [0.15, 0.2) is 6.61 Å². The van der Waals surface area contributed by atoms with E-state index in [1.54, 1.807) is 12.1 Å². The van der Waals surface area contributed by atoms with Crippen LogP contribution >= 0.6 is 0 Å². The second kappa shape index (κ2) is 6.96. The van der Waals surface area contributed by atoms with Gasteiger partial charge in [-0.15, -0.1) is 0 Å². The summed E-state index contributed by atoms with van der Waals surface area (Å²) < 4.78 is 16.0. The van der Waals surface area contributed by atoms with Gasteiger partial charge in [-0.2, -0.15) is 0 Å². The van der Waals surface area contributed by atoms with Gasteiger partial charge in [0.2, 0.25) is 0 Å². The molecule has 0 N–H and O–H groups in total. The zero-order valence-corrected chi connectivity index (χ0v) is 14.6. The third kappa shape index (κ3) is 3.67. The van der Waals surface area contributed by atoms with Gasteiger partial charge in [-0.25, -0.2) is 9.59 Å². The topological polar surface area (TPSA) is 65.7 Å². The minimum atomic E-state index is -0.544. The van der Waals surface area contributed by atoms with E-state index in [9.17, 15) is 9.59 Å². The van der Waals surface area contributed by atoms with Crippen molar-refractivity contribution in [1.82, 2.24) is 0 Å².